The summed E-state index contributed by atoms with van der Waals surface area (Å²) in [5, 5.41) is 14.6. The number of hydrogen-bond donors (Lipinski definition) is 1. The third kappa shape index (κ3) is 5.89. The number of hydrogen-bond acceptors (Lipinski definition) is 8. The number of nitrogens with one attached hydrogen (secondary N) is 1. The van der Waals surface area contributed by atoms with Crippen molar-refractivity contribution in [2.45, 2.75) is 26.2 Å². The van der Waals surface area contributed by atoms with Crippen molar-refractivity contribution in [2.24, 2.45) is 5.41 Å². The number of aromatic nitrogens is 1. The Morgan fingerprint density at radius 2 is 1.75 bits per heavy atom. The van der Waals surface area contributed by atoms with Crippen molar-refractivity contribution in [3.63, 3.8) is 0 Å². The standard InChI is InChI=1S/C30H35Cl2N5O3/c1-4-36-9-6-30(18-36)7-10-37(19-30)8-5-11-40-28-14-24-21(12-27(28)39-3)29(20(16-33)17-34-24)35-25-15-26(38-2)23(32)13-22(25)31/h12-15,17H,4-11,18-19H2,1-3H3,(H,34,35). The SMILES string of the molecule is CCN1CCC2(CCN(CCCOc3cc4ncc(C#N)c(Nc5cc(OC)c(Cl)cc5Cl)c4cc3OC)C2)C1. The molecule has 2 aliphatic heterocycles. The molecule has 0 saturated carbocycles. The van der Waals surface area contributed by atoms with E-state index in [0.29, 0.717) is 67.2 Å². The van der Waals surface area contributed by atoms with Crippen LogP contribution in [0.5, 0.6) is 17.2 Å². The zero-order chi connectivity index (χ0) is 28.3. The van der Waals surface area contributed by atoms with Gasteiger partial charge in [0, 0.05) is 43.4 Å². The molecule has 0 bridgehead atoms. The van der Waals surface area contributed by atoms with Crippen LogP contribution < -0.4 is 19.5 Å². The first-order valence-electron chi connectivity index (χ1n) is 13.7. The molecule has 0 radical (unpaired) electrons. The molecule has 1 N–H and O–H groups in total. The van der Waals surface area contributed by atoms with Crippen LogP contribution in [0.4, 0.5) is 11.4 Å². The summed E-state index contributed by atoms with van der Waals surface area (Å²) < 4.78 is 17.2. The number of pyridine rings is 1. The van der Waals surface area contributed by atoms with E-state index in [1.54, 1.807) is 19.2 Å². The molecule has 5 rings (SSSR count). The highest BCUT2D eigenvalue weighted by Gasteiger charge is 2.42. The molecular weight excluding hydrogens is 549 g/mol. The first-order valence-corrected chi connectivity index (χ1v) is 14.4. The van der Waals surface area contributed by atoms with E-state index in [2.05, 4.69) is 33.1 Å². The molecule has 8 nitrogen and oxygen atoms in total. The summed E-state index contributed by atoms with van der Waals surface area (Å²) in [7, 11) is 3.14. The maximum atomic E-state index is 9.81. The molecule has 2 aliphatic rings. The number of nitriles is 1. The lowest BCUT2D eigenvalue weighted by atomic mass is 9.86. The Hall–Kier alpha value is -2.96. The van der Waals surface area contributed by atoms with Crippen LogP contribution in [0, 0.1) is 16.7 Å². The maximum absolute atomic E-state index is 9.81. The van der Waals surface area contributed by atoms with Crippen molar-refractivity contribution < 1.29 is 14.2 Å². The van der Waals surface area contributed by atoms with Gasteiger partial charge in [0.2, 0.25) is 0 Å². The zero-order valence-electron chi connectivity index (χ0n) is 23.2. The fraction of sp³-hybridized carbons (Fsp3) is 0.467. The van der Waals surface area contributed by atoms with E-state index >= 15 is 0 Å². The average molecular weight is 585 g/mol. The van der Waals surface area contributed by atoms with E-state index in [-0.39, 0.29) is 0 Å². The largest absolute Gasteiger partial charge is 0.495 e. The Morgan fingerprint density at radius 1 is 1.00 bits per heavy atom. The van der Waals surface area contributed by atoms with Crippen LogP contribution in [0.1, 0.15) is 31.7 Å². The molecule has 40 heavy (non-hydrogen) atoms. The highest BCUT2D eigenvalue weighted by atomic mass is 35.5. The second-order valence-corrected chi connectivity index (χ2v) is 11.4. The van der Waals surface area contributed by atoms with Gasteiger partial charge in [-0.25, -0.2) is 0 Å². The molecule has 1 spiro atoms. The smallest absolute Gasteiger partial charge is 0.163 e. The van der Waals surface area contributed by atoms with Crippen molar-refractivity contribution in [3.8, 4) is 23.3 Å². The van der Waals surface area contributed by atoms with Gasteiger partial charge >= 0.3 is 0 Å². The van der Waals surface area contributed by atoms with E-state index in [1.807, 2.05) is 12.1 Å². The summed E-state index contributed by atoms with van der Waals surface area (Å²) in [6.45, 7) is 9.83. The molecule has 0 amide bonds. The number of benzene rings is 2. The van der Waals surface area contributed by atoms with Gasteiger partial charge in [0.25, 0.3) is 0 Å². The van der Waals surface area contributed by atoms with Crippen LogP contribution in [0.15, 0.2) is 30.5 Å². The summed E-state index contributed by atoms with van der Waals surface area (Å²) in [6, 6.07) is 9.20. The molecule has 3 aromatic rings. The topological polar surface area (TPSA) is 82.9 Å². The quantitative estimate of drug-likeness (QED) is 0.276. The summed E-state index contributed by atoms with van der Waals surface area (Å²) in [5.41, 5.74) is 2.62. The summed E-state index contributed by atoms with van der Waals surface area (Å²) >= 11 is 12.7. The van der Waals surface area contributed by atoms with Gasteiger partial charge in [-0.1, -0.05) is 30.1 Å². The molecular formula is C30H35Cl2N5O3. The fourth-order valence-electron chi connectivity index (χ4n) is 5.93. The number of anilines is 2. The zero-order valence-corrected chi connectivity index (χ0v) is 24.7. The first kappa shape index (κ1) is 28.6. The lowest BCUT2D eigenvalue weighted by Gasteiger charge is -2.24. The van der Waals surface area contributed by atoms with E-state index in [1.165, 1.54) is 52.3 Å². The van der Waals surface area contributed by atoms with E-state index in [9.17, 15) is 5.26 Å². The van der Waals surface area contributed by atoms with Crippen LogP contribution >= 0.6 is 23.2 Å². The van der Waals surface area contributed by atoms with Crippen molar-refractivity contribution in [3.05, 3.63) is 46.1 Å². The second kappa shape index (κ2) is 12.3. The minimum Gasteiger partial charge on any atom is -0.495 e. The van der Waals surface area contributed by atoms with Gasteiger partial charge in [-0.15, -0.1) is 0 Å². The van der Waals surface area contributed by atoms with Crippen LogP contribution in [0.25, 0.3) is 10.9 Å². The van der Waals surface area contributed by atoms with E-state index in [4.69, 9.17) is 37.4 Å². The van der Waals surface area contributed by atoms with Gasteiger partial charge in [0.15, 0.2) is 11.5 Å². The number of rotatable bonds is 10. The molecule has 0 aliphatic carbocycles. The Bertz CT molecular complexity index is 1430. The number of halogens is 2. The predicted molar refractivity (Wildman–Crippen MR) is 160 cm³/mol. The van der Waals surface area contributed by atoms with Gasteiger partial charge in [0.1, 0.15) is 11.8 Å². The van der Waals surface area contributed by atoms with Gasteiger partial charge in [0.05, 0.1) is 53.3 Å². The van der Waals surface area contributed by atoms with Crippen LogP contribution in [-0.4, -0.2) is 74.9 Å². The van der Waals surface area contributed by atoms with Crippen LogP contribution in [0.2, 0.25) is 10.0 Å². The molecule has 1 aromatic heterocycles. The Labute approximate surface area is 245 Å². The van der Waals surface area contributed by atoms with Crippen LogP contribution in [-0.2, 0) is 0 Å². The Morgan fingerprint density at radius 3 is 2.45 bits per heavy atom. The molecule has 212 valence electrons. The second-order valence-electron chi connectivity index (χ2n) is 10.6. The monoisotopic (exact) mass is 583 g/mol. The van der Waals surface area contributed by atoms with E-state index in [0.717, 1.165) is 19.5 Å². The van der Waals surface area contributed by atoms with Gasteiger partial charge in [-0.2, -0.15) is 5.26 Å². The number of ether oxygens (including phenoxy) is 3. The Balaban J connectivity index is 1.30. The number of methoxy groups -OCH3 is 2. The number of likely N-dealkylation sites (tertiary alicyclic amines) is 2. The molecule has 2 aromatic carbocycles. The fourth-order valence-corrected chi connectivity index (χ4v) is 6.43. The lowest BCUT2D eigenvalue weighted by Crippen LogP contribution is -2.31. The van der Waals surface area contributed by atoms with Crippen LogP contribution in [0.3, 0.4) is 0 Å². The minimum absolute atomic E-state index is 0.362. The summed E-state index contributed by atoms with van der Waals surface area (Å²) in [5.74, 6) is 1.66. The Kier molecular flexibility index (Phi) is 8.77. The molecule has 1 unspecified atom stereocenters. The number of fused-ring (bicyclic) bond motifs is 1. The first-order chi connectivity index (χ1) is 19.4. The third-order valence-corrected chi connectivity index (χ3v) is 8.74. The van der Waals surface area contributed by atoms with Crippen molar-refractivity contribution in [1.29, 1.82) is 5.26 Å². The van der Waals surface area contributed by atoms with Gasteiger partial charge in [-0.3, -0.25) is 4.98 Å². The normalized spacial score (nSPS) is 19.3. The minimum atomic E-state index is 0.362. The highest BCUT2D eigenvalue weighted by Crippen LogP contribution is 2.41. The maximum Gasteiger partial charge on any atom is 0.163 e. The molecule has 1 atom stereocenters. The van der Waals surface area contributed by atoms with Crippen molar-refractivity contribution in [2.75, 3.05) is 65.4 Å². The van der Waals surface area contributed by atoms with Crippen molar-refractivity contribution in [1.82, 2.24) is 14.8 Å². The highest BCUT2D eigenvalue weighted by molar-refractivity contribution is 6.37. The molecule has 2 fully saturated rings. The summed E-state index contributed by atoms with van der Waals surface area (Å²) in [4.78, 5) is 9.68. The number of nitrogens with zero attached hydrogens (tertiary/aromatic N) is 4. The summed E-state index contributed by atoms with van der Waals surface area (Å²) in [6.07, 6.45) is 5.08. The predicted octanol–water partition coefficient (Wildman–Crippen LogP) is 6.36. The van der Waals surface area contributed by atoms with Crippen molar-refractivity contribution >= 4 is 45.5 Å². The average Bonchev–Trinajstić information content (AvgIpc) is 3.57. The lowest BCUT2D eigenvalue weighted by molar-refractivity contribution is 0.225. The van der Waals surface area contributed by atoms with Gasteiger partial charge < -0.3 is 29.3 Å². The molecule has 2 saturated heterocycles. The van der Waals surface area contributed by atoms with E-state index < -0.39 is 0 Å². The third-order valence-electron chi connectivity index (χ3n) is 8.13. The molecule has 10 heteroatoms. The van der Waals surface area contributed by atoms with Gasteiger partial charge in [-0.05, 0) is 56.4 Å². The molecule has 3 heterocycles.